The summed E-state index contributed by atoms with van der Waals surface area (Å²) in [5.41, 5.74) is 1.47. The summed E-state index contributed by atoms with van der Waals surface area (Å²) in [5.74, 6) is -0.420. The monoisotopic (exact) mass is 240 g/mol. The number of tetrazole rings is 1. The van der Waals surface area contributed by atoms with Gasteiger partial charge in [0.25, 0.3) is 11.7 Å². The lowest BCUT2D eigenvalue weighted by Crippen LogP contribution is -2.14. The Bertz CT molecular complexity index is 688. The second-order valence-electron chi connectivity index (χ2n) is 3.57. The molecule has 2 N–H and O–H groups in total. The number of pyridine rings is 1. The molecule has 2 heterocycles. The number of H-pyrrole nitrogens is 1. The van der Waals surface area contributed by atoms with Gasteiger partial charge in [-0.15, -0.1) is 10.2 Å². The zero-order valence-electron chi connectivity index (χ0n) is 9.16. The van der Waals surface area contributed by atoms with E-state index in [1.54, 1.807) is 12.3 Å². The predicted molar refractivity (Wildman–Crippen MR) is 63.9 cm³/mol. The molecule has 2 aromatic heterocycles. The largest absolute Gasteiger partial charge is 0.319 e. The van der Waals surface area contributed by atoms with Crippen LogP contribution >= 0.6 is 0 Å². The second-order valence-corrected chi connectivity index (χ2v) is 3.57. The van der Waals surface area contributed by atoms with Gasteiger partial charge < -0.3 is 5.32 Å². The molecule has 3 rings (SSSR count). The lowest BCUT2D eigenvalue weighted by molar-refractivity contribution is 0.101. The van der Waals surface area contributed by atoms with Crippen molar-refractivity contribution in [2.45, 2.75) is 0 Å². The van der Waals surface area contributed by atoms with E-state index in [0.717, 1.165) is 10.9 Å². The highest BCUT2D eigenvalue weighted by Gasteiger charge is 2.12. The Hall–Kier alpha value is -2.83. The van der Waals surface area contributed by atoms with Gasteiger partial charge in [0.15, 0.2) is 0 Å². The maximum Gasteiger partial charge on any atom is 0.297 e. The quantitative estimate of drug-likeness (QED) is 0.696. The average molecular weight is 240 g/mol. The molecule has 0 bridgehead atoms. The van der Waals surface area contributed by atoms with Crippen LogP contribution in [0.3, 0.4) is 0 Å². The van der Waals surface area contributed by atoms with Crippen LogP contribution < -0.4 is 5.32 Å². The number of anilines is 1. The zero-order valence-corrected chi connectivity index (χ0v) is 9.16. The Morgan fingerprint density at radius 1 is 1.22 bits per heavy atom. The summed E-state index contributed by atoms with van der Waals surface area (Å²) < 4.78 is 0. The molecule has 7 heteroatoms. The summed E-state index contributed by atoms with van der Waals surface area (Å²) in [6, 6.07) is 9.18. The van der Waals surface area contributed by atoms with Crippen molar-refractivity contribution < 1.29 is 4.79 Å². The highest BCUT2D eigenvalue weighted by atomic mass is 16.2. The number of amides is 1. The van der Waals surface area contributed by atoms with Gasteiger partial charge in [-0.25, -0.2) is 0 Å². The van der Waals surface area contributed by atoms with Crippen LogP contribution in [0.4, 0.5) is 5.69 Å². The lowest BCUT2D eigenvalue weighted by atomic mass is 10.2. The fourth-order valence-corrected chi connectivity index (χ4v) is 1.65. The first kappa shape index (κ1) is 10.3. The molecule has 3 aromatic rings. The summed E-state index contributed by atoms with van der Waals surface area (Å²) in [6.45, 7) is 0. The van der Waals surface area contributed by atoms with E-state index in [9.17, 15) is 4.79 Å². The molecule has 0 unspecified atom stereocenters. The molecule has 0 aliphatic carbocycles. The summed E-state index contributed by atoms with van der Waals surface area (Å²) in [6.07, 6.45) is 1.70. The van der Waals surface area contributed by atoms with Gasteiger partial charge in [-0.3, -0.25) is 9.78 Å². The Balaban J connectivity index is 1.98. The molecule has 88 valence electrons. The van der Waals surface area contributed by atoms with Crippen molar-refractivity contribution in [1.29, 1.82) is 0 Å². The minimum Gasteiger partial charge on any atom is -0.319 e. The molecule has 1 aromatic carbocycles. The van der Waals surface area contributed by atoms with Crippen molar-refractivity contribution in [1.82, 2.24) is 25.6 Å². The van der Waals surface area contributed by atoms with E-state index in [1.165, 1.54) is 0 Å². The van der Waals surface area contributed by atoms with Gasteiger partial charge in [-0.2, -0.15) is 5.21 Å². The fourth-order valence-electron chi connectivity index (χ4n) is 1.65. The van der Waals surface area contributed by atoms with Crippen molar-refractivity contribution in [3.8, 4) is 0 Å². The van der Waals surface area contributed by atoms with Crippen molar-refractivity contribution in [3.63, 3.8) is 0 Å². The summed E-state index contributed by atoms with van der Waals surface area (Å²) in [7, 11) is 0. The number of fused-ring (bicyclic) bond motifs is 1. The van der Waals surface area contributed by atoms with Crippen LogP contribution in [0.15, 0.2) is 36.5 Å². The normalized spacial score (nSPS) is 10.4. The SMILES string of the molecule is O=C(Nc1cccc2ncccc12)c1nn[nH]n1. The first-order valence-corrected chi connectivity index (χ1v) is 5.23. The second kappa shape index (κ2) is 4.21. The number of nitrogens with one attached hydrogen (secondary N) is 2. The standard InChI is InChI=1S/C11H8N6O/c18-11(10-14-16-17-15-10)13-9-5-1-4-8-7(9)3-2-6-12-8/h1-6H,(H,13,18)(H,14,15,16,17). The number of carbonyl (C=O) groups excluding carboxylic acids is 1. The van der Waals surface area contributed by atoms with Gasteiger partial charge in [0.2, 0.25) is 0 Å². The van der Waals surface area contributed by atoms with Gasteiger partial charge >= 0.3 is 0 Å². The van der Waals surface area contributed by atoms with E-state index in [-0.39, 0.29) is 5.82 Å². The molecular formula is C11H8N6O. The number of benzene rings is 1. The molecule has 0 spiro atoms. The van der Waals surface area contributed by atoms with Crippen LogP contribution in [-0.4, -0.2) is 31.5 Å². The molecule has 0 aliphatic heterocycles. The highest BCUT2D eigenvalue weighted by molar-refractivity contribution is 6.06. The first-order valence-electron chi connectivity index (χ1n) is 5.23. The Morgan fingerprint density at radius 3 is 3.00 bits per heavy atom. The Kier molecular flexibility index (Phi) is 2.41. The van der Waals surface area contributed by atoms with E-state index < -0.39 is 5.91 Å². The van der Waals surface area contributed by atoms with E-state index in [0.29, 0.717) is 5.69 Å². The molecule has 0 saturated heterocycles. The number of nitrogens with zero attached hydrogens (tertiary/aromatic N) is 4. The third-order valence-electron chi connectivity index (χ3n) is 2.44. The van der Waals surface area contributed by atoms with Gasteiger partial charge in [-0.05, 0) is 29.5 Å². The number of aromatic nitrogens is 5. The van der Waals surface area contributed by atoms with Crippen molar-refractivity contribution in [2.75, 3.05) is 5.32 Å². The molecule has 0 aliphatic rings. The number of carbonyl (C=O) groups is 1. The number of aromatic amines is 1. The molecule has 0 atom stereocenters. The molecule has 7 nitrogen and oxygen atoms in total. The van der Waals surface area contributed by atoms with Crippen LogP contribution in [0.1, 0.15) is 10.6 Å². The van der Waals surface area contributed by atoms with E-state index in [1.807, 2.05) is 24.3 Å². The summed E-state index contributed by atoms with van der Waals surface area (Å²) >= 11 is 0. The van der Waals surface area contributed by atoms with Gasteiger partial charge in [0, 0.05) is 11.6 Å². The van der Waals surface area contributed by atoms with Crippen molar-refractivity contribution in [2.24, 2.45) is 0 Å². The highest BCUT2D eigenvalue weighted by Crippen LogP contribution is 2.21. The maximum atomic E-state index is 11.8. The van der Waals surface area contributed by atoms with Crippen molar-refractivity contribution in [3.05, 3.63) is 42.4 Å². The van der Waals surface area contributed by atoms with Crippen molar-refractivity contribution >= 4 is 22.5 Å². The van der Waals surface area contributed by atoms with Gasteiger partial charge in [-0.1, -0.05) is 6.07 Å². The number of hydrogen-bond donors (Lipinski definition) is 2. The van der Waals surface area contributed by atoms with Crippen LogP contribution in [0.5, 0.6) is 0 Å². The minimum absolute atomic E-state index is 0.00380. The lowest BCUT2D eigenvalue weighted by Gasteiger charge is -2.05. The van der Waals surface area contributed by atoms with Crippen LogP contribution in [0.25, 0.3) is 10.9 Å². The van der Waals surface area contributed by atoms with E-state index >= 15 is 0 Å². The molecule has 0 saturated carbocycles. The maximum absolute atomic E-state index is 11.8. The van der Waals surface area contributed by atoms with Gasteiger partial charge in [0.05, 0.1) is 11.2 Å². The van der Waals surface area contributed by atoms with Crippen LogP contribution in [0, 0.1) is 0 Å². The van der Waals surface area contributed by atoms with Gasteiger partial charge in [0.1, 0.15) is 0 Å². The average Bonchev–Trinajstić information content (AvgIpc) is 2.93. The fraction of sp³-hybridized carbons (Fsp3) is 0. The molecule has 0 fully saturated rings. The van der Waals surface area contributed by atoms with Crippen LogP contribution in [-0.2, 0) is 0 Å². The summed E-state index contributed by atoms with van der Waals surface area (Å²) in [4.78, 5) is 16.0. The van der Waals surface area contributed by atoms with Crippen LogP contribution in [0.2, 0.25) is 0 Å². The summed E-state index contributed by atoms with van der Waals surface area (Å²) in [5, 5.41) is 16.4. The predicted octanol–water partition coefficient (Wildman–Crippen LogP) is 1.00. The number of rotatable bonds is 2. The molecular weight excluding hydrogens is 232 g/mol. The molecule has 0 radical (unpaired) electrons. The number of hydrogen-bond acceptors (Lipinski definition) is 5. The molecule has 18 heavy (non-hydrogen) atoms. The Labute approximate surface area is 101 Å². The topological polar surface area (TPSA) is 96.5 Å². The third-order valence-corrected chi connectivity index (χ3v) is 2.44. The minimum atomic E-state index is -0.417. The molecule has 1 amide bonds. The third kappa shape index (κ3) is 1.77. The Morgan fingerprint density at radius 2 is 2.17 bits per heavy atom. The van der Waals surface area contributed by atoms with E-state index in [2.05, 4.69) is 30.9 Å². The van der Waals surface area contributed by atoms with E-state index in [4.69, 9.17) is 0 Å². The smallest absolute Gasteiger partial charge is 0.297 e. The zero-order chi connectivity index (χ0) is 12.4. The first-order chi connectivity index (χ1) is 8.84.